The van der Waals surface area contributed by atoms with Crippen molar-refractivity contribution in [1.82, 2.24) is 10.1 Å². The third kappa shape index (κ3) is 3.11. The van der Waals surface area contributed by atoms with Gasteiger partial charge < -0.3 is 19.8 Å². The summed E-state index contributed by atoms with van der Waals surface area (Å²) in [5, 5.41) is 12.4. The maximum Gasteiger partial charge on any atom is 0.321 e. The standard InChI is InChI=1S/C10H11N3O4S/c11-6(10(14)15)4-18-5-8-12-9(13-17-8)7-2-1-3-16-7/h1-3,6H,4-5,11H2,(H,14,15)/t6-/m0/s1. The van der Waals surface area contributed by atoms with Crippen molar-refractivity contribution < 1.29 is 18.8 Å². The molecule has 0 saturated heterocycles. The zero-order valence-corrected chi connectivity index (χ0v) is 10.1. The lowest BCUT2D eigenvalue weighted by Gasteiger charge is -2.03. The molecule has 18 heavy (non-hydrogen) atoms. The zero-order valence-electron chi connectivity index (χ0n) is 9.28. The monoisotopic (exact) mass is 269 g/mol. The number of rotatable bonds is 6. The highest BCUT2D eigenvalue weighted by atomic mass is 32.2. The van der Waals surface area contributed by atoms with E-state index >= 15 is 0 Å². The Bertz CT molecular complexity index is 511. The predicted octanol–water partition coefficient (Wildman–Crippen LogP) is 0.975. The number of carbonyl (C=O) groups is 1. The number of hydrogen-bond acceptors (Lipinski definition) is 7. The van der Waals surface area contributed by atoms with Gasteiger partial charge in [0, 0.05) is 5.75 Å². The van der Waals surface area contributed by atoms with Crippen LogP contribution in [-0.2, 0) is 10.5 Å². The highest BCUT2D eigenvalue weighted by Crippen LogP contribution is 2.18. The van der Waals surface area contributed by atoms with E-state index in [2.05, 4.69) is 10.1 Å². The van der Waals surface area contributed by atoms with Gasteiger partial charge in [-0.25, -0.2) is 0 Å². The van der Waals surface area contributed by atoms with Gasteiger partial charge in [0.25, 0.3) is 0 Å². The largest absolute Gasteiger partial charge is 0.480 e. The average molecular weight is 269 g/mol. The van der Waals surface area contributed by atoms with Crippen molar-refractivity contribution in [1.29, 1.82) is 0 Å². The average Bonchev–Trinajstić information content (AvgIpc) is 2.98. The fourth-order valence-corrected chi connectivity index (χ4v) is 1.97. The molecule has 0 aliphatic carbocycles. The summed E-state index contributed by atoms with van der Waals surface area (Å²) in [6.45, 7) is 0. The molecule has 0 aromatic carbocycles. The van der Waals surface area contributed by atoms with Crippen molar-refractivity contribution in [2.24, 2.45) is 5.73 Å². The lowest BCUT2D eigenvalue weighted by Crippen LogP contribution is -2.32. The van der Waals surface area contributed by atoms with Gasteiger partial charge in [0.15, 0.2) is 5.76 Å². The van der Waals surface area contributed by atoms with Gasteiger partial charge in [0.2, 0.25) is 11.7 Å². The van der Waals surface area contributed by atoms with Gasteiger partial charge in [-0.1, -0.05) is 5.16 Å². The molecule has 2 heterocycles. The van der Waals surface area contributed by atoms with Crippen molar-refractivity contribution in [3.8, 4) is 11.6 Å². The van der Waals surface area contributed by atoms with E-state index in [9.17, 15) is 4.79 Å². The second kappa shape index (κ2) is 5.69. The van der Waals surface area contributed by atoms with Crippen LogP contribution in [0.2, 0.25) is 0 Å². The molecular formula is C10H11N3O4S. The molecule has 0 aliphatic heterocycles. The van der Waals surface area contributed by atoms with Gasteiger partial charge in [0.1, 0.15) is 6.04 Å². The first-order valence-electron chi connectivity index (χ1n) is 5.09. The molecular weight excluding hydrogens is 258 g/mol. The van der Waals surface area contributed by atoms with Crippen LogP contribution in [0.15, 0.2) is 27.3 Å². The van der Waals surface area contributed by atoms with E-state index in [0.29, 0.717) is 23.2 Å². The van der Waals surface area contributed by atoms with E-state index in [0.717, 1.165) is 0 Å². The lowest BCUT2D eigenvalue weighted by atomic mass is 10.4. The summed E-state index contributed by atoms with van der Waals surface area (Å²) in [6, 6.07) is 2.57. The third-order valence-corrected chi connectivity index (χ3v) is 3.10. The van der Waals surface area contributed by atoms with Crippen molar-refractivity contribution >= 4 is 17.7 Å². The van der Waals surface area contributed by atoms with Crippen LogP contribution >= 0.6 is 11.8 Å². The molecule has 7 nitrogen and oxygen atoms in total. The molecule has 0 bridgehead atoms. The summed E-state index contributed by atoms with van der Waals surface area (Å²) in [5.41, 5.74) is 5.36. The van der Waals surface area contributed by atoms with Crippen LogP contribution in [0.1, 0.15) is 5.89 Å². The second-order valence-electron chi connectivity index (χ2n) is 3.45. The quantitative estimate of drug-likeness (QED) is 0.797. The maximum absolute atomic E-state index is 10.5. The van der Waals surface area contributed by atoms with Crippen LogP contribution in [0.5, 0.6) is 0 Å². The molecule has 0 radical (unpaired) electrons. The topological polar surface area (TPSA) is 115 Å². The Morgan fingerprint density at radius 2 is 2.44 bits per heavy atom. The number of carboxylic acids is 1. The molecule has 2 aromatic rings. The van der Waals surface area contributed by atoms with Crippen molar-refractivity contribution in [3.63, 3.8) is 0 Å². The molecule has 96 valence electrons. The second-order valence-corrected chi connectivity index (χ2v) is 4.48. The molecule has 0 saturated carbocycles. The van der Waals surface area contributed by atoms with Gasteiger partial charge in [-0.2, -0.15) is 4.98 Å². The summed E-state index contributed by atoms with van der Waals surface area (Å²) in [7, 11) is 0. The normalized spacial score (nSPS) is 12.5. The zero-order chi connectivity index (χ0) is 13.0. The van der Waals surface area contributed by atoms with E-state index in [1.54, 1.807) is 12.1 Å². The Kier molecular flexibility index (Phi) is 4.00. The van der Waals surface area contributed by atoms with E-state index < -0.39 is 12.0 Å². The molecule has 0 unspecified atom stereocenters. The number of aromatic nitrogens is 2. The lowest BCUT2D eigenvalue weighted by molar-refractivity contribution is -0.137. The Morgan fingerprint density at radius 1 is 1.61 bits per heavy atom. The number of hydrogen-bond donors (Lipinski definition) is 2. The molecule has 1 atom stereocenters. The minimum atomic E-state index is -1.02. The Balaban J connectivity index is 1.86. The highest BCUT2D eigenvalue weighted by molar-refractivity contribution is 7.98. The first-order chi connectivity index (χ1) is 8.66. The van der Waals surface area contributed by atoms with Crippen LogP contribution in [0.25, 0.3) is 11.6 Å². The molecule has 8 heteroatoms. The fourth-order valence-electron chi connectivity index (χ4n) is 1.16. The first-order valence-corrected chi connectivity index (χ1v) is 6.25. The summed E-state index contributed by atoms with van der Waals surface area (Å²) < 4.78 is 10.1. The van der Waals surface area contributed by atoms with Crippen LogP contribution in [0.3, 0.4) is 0 Å². The van der Waals surface area contributed by atoms with Crippen LogP contribution in [0.4, 0.5) is 0 Å². The minimum absolute atomic E-state index is 0.286. The van der Waals surface area contributed by atoms with E-state index in [1.807, 2.05) is 0 Å². The SMILES string of the molecule is N[C@@H](CSCc1nc(-c2ccco2)no1)C(=O)O. The Labute approximate surface area is 106 Å². The Morgan fingerprint density at radius 3 is 3.11 bits per heavy atom. The van der Waals surface area contributed by atoms with Gasteiger partial charge in [-0.3, -0.25) is 4.79 Å². The predicted molar refractivity (Wildman–Crippen MR) is 63.8 cm³/mol. The van der Waals surface area contributed by atoms with Gasteiger partial charge >= 0.3 is 5.97 Å². The molecule has 0 amide bonds. The number of furan rings is 1. The van der Waals surface area contributed by atoms with E-state index in [-0.39, 0.29) is 5.75 Å². The van der Waals surface area contributed by atoms with Crippen LogP contribution < -0.4 is 5.73 Å². The molecule has 3 N–H and O–H groups in total. The first kappa shape index (κ1) is 12.7. The molecule has 0 fully saturated rings. The number of nitrogens with two attached hydrogens (primary N) is 1. The smallest absolute Gasteiger partial charge is 0.321 e. The maximum atomic E-state index is 10.5. The molecule has 2 aromatic heterocycles. The molecule has 0 spiro atoms. The van der Waals surface area contributed by atoms with Crippen LogP contribution in [-0.4, -0.2) is 33.0 Å². The summed E-state index contributed by atoms with van der Waals surface area (Å²) in [4.78, 5) is 14.6. The number of thioether (sulfide) groups is 1. The van der Waals surface area contributed by atoms with Crippen molar-refractivity contribution in [2.45, 2.75) is 11.8 Å². The van der Waals surface area contributed by atoms with Gasteiger partial charge in [-0.15, -0.1) is 11.8 Å². The summed E-state index contributed by atoms with van der Waals surface area (Å²) in [5.74, 6) is 0.978. The fraction of sp³-hybridized carbons (Fsp3) is 0.300. The molecule has 0 aliphatic rings. The van der Waals surface area contributed by atoms with Gasteiger partial charge in [0.05, 0.1) is 12.0 Å². The minimum Gasteiger partial charge on any atom is -0.480 e. The van der Waals surface area contributed by atoms with E-state index in [4.69, 9.17) is 19.8 Å². The Hall–Kier alpha value is -1.80. The van der Waals surface area contributed by atoms with Gasteiger partial charge in [-0.05, 0) is 12.1 Å². The molecule has 2 rings (SSSR count). The summed E-state index contributed by atoms with van der Waals surface area (Å²) in [6.07, 6.45) is 1.52. The highest BCUT2D eigenvalue weighted by Gasteiger charge is 2.14. The van der Waals surface area contributed by atoms with E-state index in [1.165, 1.54) is 18.0 Å². The van der Waals surface area contributed by atoms with Crippen molar-refractivity contribution in [3.05, 3.63) is 24.3 Å². The summed E-state index contributed by atoms with van der Waals surface area (Å²) >= 11 is 1.32. The number of aliphatic carboxylic acids is 1. The van der Waals surface area contributed by atoms with Crippen molar-refractivity contribution in [2.75, 3.05) is 5.75 Å². The third-order valence-electron chi connectivity index (χ3n) is 2.05. The van der Waals surface area contributed by atoms with Crippen LogP contribution in [0, 0.1) is 0 Å². The number of carboxylic acid groups (broad SMARTS) is 1. The number of nitrogens with zero attached hydrogens (tertiary/aromatic N) is 2.